The van der Waals surface area contributed by atoms with Gasteiger partial charge in [-0.05, 0) is 74.1 Å². The summed E-state index contributed by atoms with van der Waals surface area (Å²) in [4.78, 5) is 0. The van der Waals surface area contributed by atoms with Crippen LogP contribution in [-0.2, 0) is 0 Å². The summed E-state index contributed by atoms with van der Waals surface area (Å²) < 4.78 is 13.9. The average molecular weight is 291 g/mol. The summed E-state index contributed by atoms with van der Waals surface area (Å²) in [6.07, 6.45) is 6.14. The molecule has 1 aliphatic rings. The zero-order valence-electron chi connectivity index (χ0n) is 14.0. The number of aryl methyl sites for hydroxylation is 1. The Morgan fingerprint density at radius 2 is 1.95 bits per heavy atom. The van der Waals surface area contributed by atoms with Crippen LogP contribution < -0.4 is 5.32 Å². The van der Waals surface area contributed by atoms with Crippen LogP contribution in [0.25, 0.3) is 0 Å². The predicted octanol–water partition coefficient (Wildman–Crippen LogP) is 5.39. The molecule has 1 atom stereocenters. The van der Waals surface area contributed by atoms with E-state index in [2.05, 4.69) is 32.2 Å². The third-order valence-corrected chi connectivity index (χ3v) is 5.02. The van der Waals surface area contributed by atoms with Crippen molar-refractivity contribution in [2.24, 2.45) is 11.3 Å². The highest BCUT2D eigenvalue weighted by molar-refractivity contribution is 5.26. The number of rotatable bonds is 5. The molecule has 0 heterocycles. The summed E-state index contributed by atoms with van der Waals surface area (Å²) in [5.74, 6) is 0.554. The normalized spacial score (nSPS) is 20.4. The first kappa shape index (κ1) is 16.5. The lowest BCUT2D eigenvalue weighted by Crippen LogP contribution is -2.33. The lowest BCUT2D eigenvalue weighted by atomic mass is 9.70. The van der Waals surface area contributed by atoms with E-state index in [9.17, 15) is 4.39 Å². The van der Waals surface area contributed by atoms with Crippen LogP contribution >= 0.6 is 0 Å². The molecule has 0 spiro atoms. The van der Waals surface area contributed by atoms with Gasteiger partial charge in [-0.15, -0.1) is 0 Å². The van der Waals surface area contributed by atoms with Gasteiger partial charge < -0.3 is 5.32 Å². The number of nitrogens with one attached hydrogen (secondary N) is 1. The van der Waals surface area contributed by atoms with Crippen molar-refractivity contribution in [3.8, 4) is 0 Å². The largest absolute Gasteiger partial charge is 0.310 e. The monoisotopic (exact) mass is 291 g/mol. The van der Waals surface area contributed by atoms with Gasteiger partial charge in [0, 0.05) is 6.04 Å². The fourth-order valence-electron chi connectivity index (χ4n) is 3.41. The lowest BCUT2D eigenvalue weighted by Gasteiger charge is -2.38. The molecule has 0 amide bonds. The molecule has 1 fully saturated rings. The molecule has 0 aliphatic heterocycles. The summed E-state index contributed by atoms with van der Waals surface area (Å²) >= 11 is 0. The minimum atomic E-state index is -0.0769. The van der Waals surface area contributed by atoms with Gasteiger partial charge in [0.25, 0.3) is 0 Å². The maximum absolute atomic E-state index is 13.9. The van der Waals surface area contributed by atoms with Gasteiger partial charge in [0.15, 0.2) is 0 Å². The number of halogens is 1. The Hall–Kier alpha value is -0.890. The van der Waals surface area contributed by atoms with E-state index >= 15 is 0 Å². The summed E-state index contributed by atoms with van der Waals surface area (Å²) in [5, 5.41) is 3.66. The van der Waals surface area contributed by atoms with E-state index in [1.165, 1.54) is 25.7 Å². The summed E-state index contributed by atoms with van der Waals surface area (Å²) in [7, 11) is 0. The second kappa shape index (κ2) is 6.91. The van der Waals surface area contributed by atoms with Gasteiger partial charge in [0.2, 0.25) is 0 Å². The topological polar surface area (TPSA) is 12.0 Å². The van der Waals surface area contributed by atoms with E-state index in [0.29, 0.717) is 17.4 Å². The zero-order valence-corrected chi connectivity index (χ0v) is 14.0. The molecular weight excluding hydrogens is 261 g/mol. The van der Waals surface area contributed by atoms with Crippen LogP contribution in [0.3, 0.4) is 0 Å². The zero-order chi connectivity index (χ0) is 15.5. The molecule has 1 N–H and O–H groups in total. The molecule has 1 aromatic carbocycles. The smallest absolute Gasteiger partial charge is 0.126 e. The Bertz CT molecular complexity index is 457. The van der Waals surface area contributed by atoms with Gasteiger partial charge in [0.05, 0.1) is 0 Å². The number of benzene rings is 1. The third-order valence-electron chi connectivity index (χ3n) is 5.02. The molecule has 0 bridgehead atoms. The van der Waals surface area contributed by atoms with Crippen molar-refractivity contribution >= 4 is 0 Å². The fraction of sp³-hybridized carbons (Fsp3) is 0.684. The first-order valence-electron chi connectivity index (χ1n) is 8.42. The Kier molecular flexibility index (Phi) is 5.43. The molecule has 21 heavy (non-hydrogen) atoms. The molecule has 1 aromatic rings. The molecule has 1 nitrogen and oxygen atoms in total. The van der Waals surface area contributed by atoms with Gasteiger partial charge in [-0.2, -0.15) is 0 Å². The quantitative estimate of drug-likeness (QED) is 0.766. The molecule has 0 aromatic heterocycles. The molecule has 0 radical (unpaired) electrons. The second-order valence-corrected chi connectivity index (χ2v) is 7.44. The highest BCUT2D eigenvalue weighted by atomic mass is 19.1. The summed E-state index contributed by atoms with van der Waals surface area (Å²) in [6, 6.07) is 6.06. The van der Waals surface area contributed by atoms with Gasteiger partial charge >= 0.3 is 0 Å². The molecule has 1 unspecified atom stereocenters. The second-order valence-electron chi connectivity index (χ2n) is 7.44. The van der Waals surface area contributed by atoms with Crippen LogP contribution in [0.2, 0.25) is 0 Å². The van der Waals surface area contributed by atoms with Crippen LogP contribution in [0.5, 0.6) is 0 Å². The van der Waals surface area contributed by atoms with Crippen molar-refractivity contribution in [2.45, 2.75) is 65.8 Å². The highest BCUT2D eigenvalue weighted by Gasteiger charge is 2.31. The van der Waals surface area contributed by atoms with E-state index in [0.717, 1.165) is 24.1 Å². The van der Waals surface area contributed by atoms with Crippen molar-refractivity contribution < 1.29 is 4.39 Å². The van der Waals surface area contributed by atoms with E-state index in [1.54, 1.807) is 6.07 Å². The van der Waals surface area contributed by atoms with Crippen LogP contribution in [0.4, 0.5) is 4.39 Å². The van der Waals surface area contributed by atoms with E-state index in [4.69, 9.17) is 0 Å². The van der Waals surface area contributed by atoms with Crippen LogP contribution in [-0.4, -0.2) is 6.54 Å². The maximum Gasteiger partial charge on any atom is 0.126 e. The molecule has 1 saturated carbocycles. The van der Waals surface area contributed by atoms with Crippen molar-refractivity contribution in [3.05, 3.63) is 35.1 Å². The van der Waals surface area contributed by atoms with Gasteiger partial charge in [-0.3, -0.25) is 0 Å². The Balaban J connectivity index is 2.16. The minimum absolute atomic E-state index is 0.0769. The first-order chi connectivity index (χ1) is 9.93. The Labute approximate surface area is 129 Å². The van der Waals surface area contributed by atoms with E-state index in [1.807, 2.05) is 13.0 Å². The molecular formula is C19H30FN. The SMILES string of the molecule is CCCNC(c1ccc(C)c(F)c1)C1CCC(C)(C)CC1. The van der Waals surface area contributed by atoms with Crippen molar-refractivity contribution in [3.63, 3.8) is 0 Å². The van der Waals surface area contributed by atoms with Crippen LogP contribution in [0.1, 0.15) is 70.0 Å². The standard InChI is InChI=1S/C19H30FN/c1-5-12-21-18(15-8-10-19(3,4)11-9-15)16-7-6-14(2)17(20)13-16/h6-7,13,15,18,21H,5,8-12H2,1-4H3. The van der Waals surface area contributed by atoms with Crippen molar-refractivity contribution in [1.82, 2.24) is 5.32 Å². The van der Waals surface area contributed by atoms with Crippen molar-refractivity contribution in [2.75, 3.05) is 6.54 Å². The Morgan fingerprint density at radius 3 is 2.52 bits per heavy atom. The van der Waals surface area contributed by atoms with E-state index < -0.39 is 0 Å². The first-order valence-corrected chi connectivity index (χ1v) is 8.42. The van der Waals surface area contributed by atoms with Gasteiger partial charge in [-0.25, -0.2) is 4.39 Å². The molecule has 2 rings (SSSR count). The van der Waals surface area contributed by atoms with E-state index in [-0.39, 0.29) is 5.82 Å². The summed E-state index contributed by atoms with van der Waals surface area (Å²) in [6.45, 7) is 9.74. The number of hydrogen-bond acceptors (Lipinski definition) is 1. The Morgan fingerprint density at radius 1 is 1.29 bits per heavy atom. The minimum Gasteiger partial charge on any atom is -0.310 e. The van der Waals surface area contributed by atoms with Gasteiger partial charge in [0.1, 0.15) is 5.82 Å². The predicted molar refractivity (Wildman–Crippen MR) is 87.9 cm³/mol. The third kappa shape index (κ3) is 4.29. The number of hydrogen-bond donors (Lipinski definition) is 1. The summed E-state index contributed by atoms with van der Waals surface area (Å²) in [5.41, 5.74) is 2.33. The lowest BCUT2D eigenvalue weighted by molar-refractivity contribution is 0.161. The van der Waals surface area contributed by atoms with Gasteiger partial charge in [-0.1, -0.05) is 32.9 Å². The molecule has 2 heteroatoms. The maximum atomic E-state index is 13.9. The van der Waals surface area contributed by atoms with Crippen molar-refractivity contribution in [1.29, 1.82) is 0 Å². The fourth-order valence-corrected chi connectivity index (χ4v) is 3.41. The van der Waals surface area contributed by atoms with Crippen LogP contribution in [0.15, 0.2) is 18.2 Å². The molecule has 0 saturated heterocycles. The molecule has 1 aliphatic carbocycles. The van der Waals surface area contributed by atoms with Crippen LogP contribution in [0, 0.1) is 24.1 Å². The molecule has 118 valence electrons. The average Bonchev–Trinajstić information content (AvgIpc) is 2.44. The highest BCUT2D eigenvalue weighted by Crippen LogP contribution is 2.42.